The minimum atomic E-state index is -1.24. The van der Waals surface area contributed by atoms with Crippen molar-refractivity contribution in [1.29, 1.82) is 0 Å². The van der Waals surface area contributed by atoms with Crippen molar-refractivity contribution in [3.8, 4) is 0 Å². The van der Waals surface area contributed by atoms with Crippen molar-refractivity contribution >= 4 is 0 Å². The van der Waals surface area contributed by atoms with Crippen LogP contribution in [-0.4, -0.2) is 27.2 Å². The molecule has 3 nitrogen and oxygen atoms in total. The number of ether oxygens (including phenoxy) is 1. The van der Waals surface area contributed by atoms with Crippen LogP contribution in [0, 0.1) is 11.8 Å². The minimum Gasteiger partial charge on any atom is -0.390 e. The molecule has 2 heterocycles. The van der Waals surface area contributed by atoms with E-state index in [0.29, 0.717) is 12.3 Å². The van der Waals surface area contributed by atoms with Crippen molar-refractivity contribution < 1.29 is 14.9 Å². The highest BCUT2D eigenvalue weighted by Crippen LogP contribution is 2.64. The summed E-state index contributed by atoms with van der Waals surface area (Å²) >= 11 is 0. The molecule has 3 aliphatic rings. The molecule has 18 heavy (non-hydrogen) atoms. The predicted octanol–water partition coefficient (Wildman–Crippen LogP) is 2.37. The lowest BCUT2D eigenvalue weighted by molar-refractivity contribution is -0.302. The maximum atomic E-state index is 10.8. The Balaban J connectivity index is 2.15. The molecule has 3 heteroatoms. The van der Waals surface area contributed by atoms with E-state index in [4.69, 9.17) is 4.74 Å². The molecule has 3 rings (SSSR count). The molecule has 2 aliphatic heterocycles. The maximum absolute atomic E-state index is 10.8. The normalized spacial score (nSPS) is 54.7. The molecular formula is C15H24O3. The lowest BCUT2D eigenvalue weighted by Crippen LogP contribution is -2.58. The summed E-state index contributed by atoms with van der Waals surface area (Å²) in [6, 6.07) is 0. The molecule has 0 amide bonds. The zero-order valence-electron chi connectivity index (χ0n) is 11.8. The molecule has 1 aliphatic carbocycles. The van der Waals surface area contributed by atoms with Crippen molar-refractivity contribution in [3.63, 3.8) is 0 Å². The van der Waals surface area contributed by atoms with Crippen LogP contribution in [0.3, 0.4) is 0 Å². The molecule has 5 atom stereocenters. The summed E-state index contributed by atoms with van der Waals surface area (Å²) in [4.78, 5) is 0. The van der Waals surface area contributed by atoms with Gasteiger partial charge in [-0.25, -0.2) is 0 Å². The predicted molar refractivity (Wildman–Crippen MR) is 68.9 cm³/mol. The fourth-order valence-corrected chi connectivity index (χ4v) is 4.70. The average molecular weight is 252 g/mol. The second kappa shape index (κ2) is 3.38. The van der Waals surface area contributed by atoms with E-state index in [2.05, 4.69) is 6.92 Å². The van der Waals surface area contributed by atoms with Gasteiger partial charge in [-0.1, -0.05) is 12.5 Å². The van der Waals surface area contributed by atoms with Crippen LogP contribution in [0.15, 0.2) is 11.1 Å². The molecule has 0 unspecified atom stereocenters. The Morgan fingerprint density at radius 1 is 1.28 bits per heavy atom. The van der Waals surface area contributed by atoms with Crippen molar-refractivity contribution in [2.24, 2.45) is 11.8 Å². The van der Waals surface area contributed by atoms with Crippen molar-refractivity contribution in [3.05, 3.63) is 11.1 Å². The molecule has 2 saturated heterocycles. The quantitative estimate of drug-likeness (QED) is 0.651. The van der Waals surface area contributed by atoms with Crippen LogP contribution >= 0.6 is 0 Å². The van der Waals surface area contributed by atoms with Gasteiger partial charge in [-0.05, 0) is 45.1 Å². The number of hydrogen-bond donors (Lipinski definition) is 2. The zero-order chi connectivity index (χ0) is 13.3. The summed E-state index contributed by atoms with van der Waals surface area (Å²) in [5.41, 5.74) is 0.960. The topological polar surface area (TPSA) is 49.7 Å². The number of fused-ring (bicyclic) bond motifs is 1. The molecule has 1 saturated carbocycles. The molecule has 0 aromatic rings. The van der Waals surface area contributed by atoms with E-state index in [0.717, 1.165) is 30.4 Å². The molecular weight excluding hydrogens is 228 g/mol. The first kappa shape index (κ1) is 12.6. The largest absolute Gasteiger partial charge is 0.390 e. The summed E-state index contributed by atoms with van der Waals surface area (Å²) < 4.78 is 6.16. The third-order valence-corrected chi connectivity index (χ3v) is 5.55. The number of aliphatic hydroxyl groups is 2. The standard InChI is InChI=1S/C15H24O3/c1-9(2)11-7-14-10(3)5-6-12(14)13(4,16)8-15(11,17)18-14/h10,12,16-17H,5-8H2,1-4H3/t10-,12+,13+,14-,15+/m0/s1. The van der Waals surface area contributed by atoms with Crippen LogP contribution in [0.2, 0.25) is 0 Å². The summed E-state index contributed by atoms with van der Waals surface area (Å²) in [6.07, 6.45) is 3.17. The Hall–Kier alpha value is -0.380. The Morgan fingerprint density at radius 3 is 2.56 bits per heavy atom. The molecule has 1 spiro atoms. The summed E-state index contributed by atoms with van der Waals surface area (Å²) in [6.45, 7) is 8.11. The van der Waals surface area contributed by atoms with Gasteiger partial charge in [-0.2, -0.15) is 0 Å². The van der Waals surface area contributed by atoms with E-state index >= 15 is 0 Å². The molecule has 0 aromatic carbocycles. The van der Waals surface area contributed by atoms with Gasteiger partial charge < -0.3 is 14.9 Å². The third kappa shape index (κ3) is 1.36. The van der Waals surface area contributed by atoms with Crippen LogP contribution in [0.4, 0.5) is 0 Å². The van der Waals surface area contributed by atoms with Crippen LogP contribution in [0.25, 0.3) is 0 Å². The Bertz CT molecular complexity index is 421. The first-order chi connectivity index (χ1) is 8.21. The average Bonchev–Trinajstić information content (AvgIpc) is 2.65. The SMILES string of the molecule is CC(C)=C1C[C@@]23O[C@]1(O)C[C@@](C)(O)[C@H]2CC[C@@H]3C. The Morgan fingerprint density at radius 2 is 1.94 bits per heavy atom. The summed E-state index contributed by atoms with van der Waals surface area (Å²) in [5, 5.41) is 21.5. The van der Waals surface area contributed by atoms with Gasteiger partial charge in [0.1, 0.15) is 0 Å². The highest BCUT2D eigenvalue weighted by molar-refractivity contribution is 5.33. The van der Waals surface area contributed by atoms with Crippen molar-refractivity contribution in [2.75, 3.05) is 0 Å². The van der Waals surface area contributed by atoms with Crippen molar-refractivity contribution in [2.45, 2.75) is 70.4 Å². The lowest BCUT2D eigenvalue weighted by atomic mass is 9.73. The van der Waals surface area contributed by atoms with E-state index in [-0.39, 0.29) is 11.5 Å². The first-order valence-electron chi connectivity index (χ1n) is 7.03. The number of hydrogen-bond acceptors (Lipinski definition) is 3. The van der Waals surface area contributed by atoms with E-state index in [1.165, 1.54) is 0 Å². The smallest absolute Gasteiger partial charge is 0.192 e. The fraction of sp³-hybridized carbons (Fsp3) is 0.867. The highest BCUT2D eigenvalue weighted by Gasteiger charge is 2.69. The third-order valence-electron chi connectivity index (χ3n) is 5.55. The van der Waals surface area contributed by atoms with E-state index in [1.807, 2.05) is 20.8 Å². The van der Waals surface area contributed by atoms with Crippen LogP contribution in [-0.2, 0) is 4.74 Å². The maximum Gasteiger partial charge on any atom is 0.192 e. The van der Waals surface area contributed by atoms with Gasteiger partial charge in [0.25, 0.3) is 0 Å². The van der Waals surface area contributed by atoms with Crippen molar-refractivity contribution in [1.82, 2.24) is 0 Å². The van der Waals surface area contributed by atoms with Gasteiger partial charge in [0.15, 0.2) is 5.79 Å². The molecule has 2 bridgehead atoms. The van der Waals surface area contributed by atoms with Crippen LogP contribution < -0.4 is 0 Å². The van der Waals surface area contributed by atoms with Crippen LogP contribution in [0.1, 0.15) is 53.4 Å². The van der Waals surface area contributed by atoms with Gasteiger partial charge in [-0.15, -0.1) is 0 Å². The van der Waals surface area contributed by atoms with E-state index in [1.54, 1.807) is 0 Å². The minimum absolute atomic E-state index is 0.150. The first-order valence-corrected chi connectivity index (χ1v) is 7.03. The Labute approximate surface area is 109 Å². The lowest BCUT2D eigenvalue weighted by Gasteiger charge is -2.49. The fourth-order valence-electron chi connectivity index (χ4n) is 4.70. The second-order valence-corrected chi connectivity index (χ2v) is 7.06. The summed E-state index contributed by atoms with van der Waals surface area (Å²) in [5.74, 6) is -0.688. The molecule has 102 valence electrons. The van der Waals surface area contributed by atoms with Gasteiger partial charge in [0, 0.05) is 18.8 Å². The van der Waals surface area contributed by atoms with Gasteiger partial charge in [-0.3, -0.25) is 0 Å². The van der Waals surface area contributed by atoms with Gasteiger partial charge >= 0.3 is 0 Å². The van der Waals surface area contributed by atoms with Gasteiger partial charge in [0.05, 0.1) is 11.2 Å². The highest BCUT2D eigenvalue weighted by atomic mass is 16.7. The monoisotopic (exact) mass is 252 g/mol. The number of allylic oxidation sites excluding steroid dienone is 1. The Kier molecular flexibility index (Phi) is 2.38. The molecule has 3 fully saturated rings. The molecule has 0 radical (unpaired) electrons. The van der Waals surface area contributed by atoms with E-state index in [9.17, 15) is 10.2 Å². The zero-order valence-corrected chi connectivity index (χ0v) is 11.8. The van der Waals surface area contributed by atoms with Crippen LogP contribution in [0.5, 0.6) is 0 Å². The van der Waals surface area contributed by atoms with E-state index < -0.39 is 11.4 Å². The number of rotatable bonds is 0. The van der Waals surface area contributed by atoms with Gasteiger partial charge in [0.2, 0.25) is 0 Å². The molecule has 0 aromatic heterocycles. The summed E-state index contributed by atoms with van der Waals surface area (Å²) in [7, 11) is 0. The second-order valence-electron chi connectivity index (χ2n) is 7.06. The molecule has 2 N–H and O–H groups in total.